The lowest BCUT2D eigenvalue weighted by atomic mass is 10.0. The van der Waals surface area contributed by atoms with Gasteiger partial charge < -0.3 is 9.47 Å². The molecule has 0 unspecified atom stereocenters. The fraction of sp³-hybridized carbons (Fsp3) is 0.263. The van der Waals surface area contributed by atoms with E-state index < -0.39 is 5.91 Å². The maximum Gasteiger partial charge on any atom is 0.269 e. The van der Waals surface area contributed by atoms with Crippen molar-refractivity contribution in [3.05, 3.63) is 59.2 Å². The third-order valence-electron chi connectivity index (χ3n) is 3.77. The van der Waals surface area contributed by atoms with Gasteiger partial charge in [0.2, 0.25) is 0 Å². The van der Waals surface area contributed by atoms with Gasteiger partial charge in [0.1, 0.15) is 0 Å². The number of benzene rings is 2. The number of methoxy groups -OCH3 is 2. The van der Waals surface area contributed by atoms with Crippen molar-refractivity contribution in [1.82, 2.24) is 10.9 Å². The highest BCUT2D eigenvalue weighted by Gasteiger charge is 2.12. The summed E-state index contributed by atoms with van der Waals surface area (Å²) in [6.45, 7) is 4.16. The van der Waals surface area contributed by atoms with Gasteiger partial charge in [0.15, 0.2) is 11.5 Å². The largest absolute Gasteiger partial charge is 0.493 e. The molecule has 0 spiro atoms. The normalized spacial score (nSPS) is 10.3. The van der Waals surface area contributed by atoms with Crippen molar-refractivity contribution in [3.63, 3.8) is 0 Å². The van der Waals surface area contributed by atoms with Crippen molar-refractivity contribution in [1.29, 1.82) is 0 Å². The molecular formula is C19H22N2O4. The average Bonchev–Trinajstić information content (AvgIpc) is 2.65. The van der Waals surface area contributed by atoms with E-state index >= 15 is 0 Å². The van der Waals surface area contributed by atoms with Crippen LogP contribution in [-0.2, 0) is 0 Å². The SMILES string of the molecule is COc1ccc(C(=O)NNC(=O)c2ccc(C(C)C)cc2)cc1OC. The van der Waals surface area contributed by atoms with Gasteiger partial charge in [-0.25, -0.2) is 0 Å². The van der Waals surface area contributed by atoms with Crippen molar-refractivity contribution < 1.29 is 19.1 Å². The molecule has 0 fully saturated rings. The van der Waals surface area contributed by atoms with Crippen LogP contribution in [0, 0.1) is 0 Å². The van der Waals surface area contributed by atoms with Crippen LogP contribution in [0.5, 0.6) is 11.5 Å². The number of carbonyl (C=O) groups is 2. The van der Waals surface area contributed by atoms with Crippen molar-refractivity contribution in [2.75, 3.05) is 14.2 Å². The Morgan fingerprint density at radius 1 is 0.800 bits per heavy atom. The van der Waals surface area contributed by atoms with Crippen molar-refractivity contribution in [2.45, 2.75) is 19.8 Å². The second-order valence-electron chi connectivity index (χ2n) is 5.75. The molecule has 6 nitrogen and oxygen atoms in total. The first-order valence-electron chi connectivity index (χ1n) is 7.89. The van der Waals surface area contributed by atoms with Gasteiger partial charge in [0.05, 0.1) is 14.2 Å². The van der Waals surface area contributed by atoms with Crippen molar-refractivity contribution >= 4 is 11.8 Å². The molecule has 0 radical (unpaired) electrons. The fourth-order valence-electron chi connectivity index (χ4n) is 2.25. The van der Waals surface area contributed by atoms with Crippen LogP contribution in [-0.4, -0.2) is 26.0 Å². The van der Waals surface area contributed by atoms with Crippen molar-refractivity contribution in [3.8, 4) is 11.5 Å². The first-order valence-corrected chi connectivity index (χ1v) is 7.89. The molecule has 0 aliphatic carbocycles. The molecule has 0 aromatic heterocycles. The van der Waals surface area contributed by atoms with Gasteiger partial charge in [-0.05, 0) is 41.8 Å². The number of hydrazine groups is 1. The number of rotatable bonds is 5. The van der Waals surface area contributed by atoms with E-state index in [-0.39, 0.29) is 5.91 Å². The molecule has 2 amide bonds. The van der Waals surface area contributed by atoms with Crippen LogP contribution in [0.25, 0.3) is 0 Å². The summed E-state index contributed by atoms with van der Waals surface area (Å²) < 4.78 is 10.3. The van der Waals surface area contributed by atoms with E-state index in [4.69, 9.17) is 9.47 Å². The summed E-state index contributed by atoms with van der Waals surface area (Å²) in [6.07, 6.45) is 0. The van der Waals surface area contributed by atoms with E-state index in [1.807, 2.05) is 12.1 Å². The van der Waals surface area contributed by atoms with Crippen molar-refractivity contribution in [2.24, 2.45) is 0 Å². The monoisotopic (exact) mass is 342 g/mol. The minimum atomic E-state index is -0.451. The fourth-order valence-corrected chi connectivity index (χ4v) is 2.25. The van der Waals surface area contributed by atoms with E-state index in [1.165, 1.54) is 20.3 Å². The average molecular weight is 342 g/mol. The Kier molecular flexibility index (Phi) is 6.00. The minimum Gasteiger partial charge on any atom is -0.493 e. The van der Waals surface area contributed by atoms with Crippen LogP contribution in [0.1, 0.15) is 46.0 Å². The van der Waals surface area contributed by atoms with Gasteiger partial charge in [-0.15, -0.1) is 0 Å². The Bertz CT molecular complexity index is 755. The van der Waals surface area contributed by atoms with E-state index in [1.54, 1.807) is 24.3 Å². The molecule has 0 bridgehead atoms. The van der Waals surface area contributed by atoms with Crippen LogP contribution in [0.2, 0.25) is 0 Å². The topological polar surface area (TPSA) is 76.7 Å². The highest BCUT2D eigenvalue weighted by molar-refractivity contribution is 5.99. The lowest BCUT2D eigenvalue weighted by Gasteiger charge is -2.11. The van der Waals surface area contributed by atoms with Gasteiger partial charge in [0.25, 0.3) is 11.8 Å². The summed E-state index contributed by atoms with van der Waals surface area (Å²) in [4.78, 5) is 24.3. The van der Waals surface area contributed by atoms with Crippen LogP contribution in [0.3, 0.4) is 0 Å². The quantitative estimate of drug-likeness (QED) is 0.819. The second kappa shape index (κ2) is 8.19. The molecule has 132 valence electrons. The summed E-state index contributed by atoms with van der Waals surface area (Å²) in [7, 11) is 3.00. The number of ether oxygens (including phenoxy) is 2. The maximum absolute atomic E-state index is 12.2. The lowest BCUT2D eigenvalue weighted by molar-refractivity contribution is 0.0846. The van der Waals surface area contributed by atoms with Gasteiger partial charge in [0, 0.05) is 11.1 Å². The predicted molar refractivity (Wildman–Crippen MR) is 95.0 cm³/mol. The summed E-state index contributed by atoms with van der Waals surface area (Å²) in [6, 6.07) is 12.0. The molecular weight excluding hydrogens is 320 g/mol. The zero-order chi connectivity index (χ0) is 18.4. The number of nitrogens with one attached hydrogen (secondary N) is 2. The molecule has 2 aromatic carbocycles. The Morgan fingerprint density at radius 2 is 1.32 bits per heavy atom. The van der Waals surface area contributed by atoms with Gasteiger partial charge in [-0.2, -0.15) is 0 Å². The highest BCUT2D eigenvalue weighted by Crippen LogP contribution is 2.27. The number of carbonyl (C=O) groups excluding carboxylic acids is 2. The first kappa shape index (κ1) is 18.3. The van der Waals surface area contributed by atoms with E-state index in [9.17, 15) is 9.59 Å². The molecule has 2 N–H and O–H groups in total. The molecule has 0 atom stereocenters. The third-order valence-corrected chi connectivity index (χ3v) is 3.77. The third kappa shape index (κ3) is 4.50. The van der Waals surface area contributed by atoms with Gasteiger partial charge in [-0.1, -0.05) is 26.0 Å². The molecule has 0 saturated carbocycles. The molecule has 6 heteroatoms. The Labute approximate surface area is 147 Å². The number of hydrogen-bond donors (Lipinski definition) is 2. The number of hydrogen-bond acceptors (Lipinski definition) is 4. The lowest BCUT2D eigenvalue weighted by Crippen LogP contribution is -2.41. The molecule has 0 heterocycles. The van der Waals surface area contributed by atoms with Crippen LogP contribution < -0.4 is 20.3 Å². The van der Waals surface area contributed by atoms with Crippen LogP contribution in [0.15, 0.2) is 42.5 Å². The highest BCUT2D eigenvalue weighted by atomic mass is 16.5. The predicted octanol–water partition coefficient (Wildman–Crippen LogP) is 2.90. The Morgan fingerprint density at radius 3 is 1.84 bits per heavy atom. The first-order chi connectivity index (χ1) is 12.0. The molecule has 0 aliphatic heterocycles. The Hall–Kier alpha value is -3.02. The zero-order valence-corrected chi connectivity index (χ0v) is 14.8. The van der Waals surface area contributed by atoms with Crippen LogP contribution in [0.4, 0.5) is 0 Å². The number of amides is 2. The Balaban J connectivity index is 2.00. The second-order valence-corrected chi connectivity index (χ2v) is 5.75. The van der Waals surface area contributed by atoms with Crippen LogP contribution >= 0.6 is 0 Å². The smallest absolute Gasteiger partial charge is 0.269 e. The standard InChI is InChI=1S/C19H22N2O4/c1-12(2)13-5-7-14(8-6-13)18(22)20-21-19(23)15-9-10-16(24-3)17(11-15)25-4/h5-12H,1-4H3,(H,20,22)(H,21,23). The van der Waals surface area contributed by atoms with E-state index in [2.05, 4.69) is 24.7 Å². The van der Waals surface area contributed by atoms with Gasteiger partial charge in [-0.3, -0.25) is 20.4 Å². The zero-order valence-electron chi connectivity index (χ0n) is 14.8. The summed E-state index contributed by atoms with van der Waals surface area (Å²) in [5.41, 5.74) is 6.74. The van der Waals surface area contributed by atoms with E-state index in [0.29, 0.717) is 28.5 Å². The summed E-state index contributed by atoms with van der Waals surface area (Å²) >= 11 is 0. The van der Waals surface area contributed by atoms with Gasteiger partial charge >= 0.3 is 0 Å². The maximum atomic E-state index is 12.2. The molecule has 0 aliphatic rings. The minimum absolute atomic E-state index is 0.341. The van der Waals surface area contributed by atoms with E-state index in [0.717, 1.165) is 5.56 Å². The summed E-state index contributed by atoms with van der Waals surface area (Å²) in [5.74, 6) is 0.512. The summed E-state index contributed by atoms with van der Waals surface area (Å²) in [5, 5.41) is 0. The molecule has 25 heavy (non-hydrogen) atoms. The molecule has 2 aromatic rings. The molecule has 0 saturated heterocycles. The molecule has 2 rings (SSSR count).